The molecule has 1 aliphatic heterocycles. The molecule has 92 valence electrons. The standard InChI is InChI=1S/C11H15N3O3/c15-9-7-8(11(16)17)10(13-12-9)14-5-3-1-2-4-6-14/h7H,1-6H2,(H,12,15)(H,16,17). The van der Waals surface area contributed by atoms with Gasteiger partial charge in [-0.05, 0) is 12.8 Å². The molecule has 0 aromatic carbocycles. The van der Waals surface area contributed by atoms with E-state index in [9.17, 15) is 9.59 Å². The van der Waals surface area contributed by atoms with Gasteiger partial charge in [-0.2, -0.15) is 5.10 Å². The van der Waals surface area contributed by atoms with Crippen molar-refractivity contribution in [3.63, 3.8) is 0 Å². The van der Waals surface area contributed by atoms with Gasteiger partial charge in [0.05, 0.1) is 0 Å². The summed E-state index contributed by atoms with van der Waals surface area (Å²) in [7, 11) is 0. The number of hydrogen-bond acceptors (Lipinski definition) is 4. The molecule has 0 saturated carbocycles. The van der Waals surface area contributed by atoms with E-state index in [0.717, 1.165) is 44.8 Å². The van der Waals surface area contributed by atoms with Crippen molar-refractivity contribution in [3.05, 3.63) is 22.0 Å². The van der Waals surface area contributed by atoms with Crippen molar-refractivity contribution in [1.29, 1.82) is 0 Å². The van der Waals surface area contributed by atoms with Crippen molar-refractivity contribution in [2.45, 2.75) is 25.7 Å². The van der Waals surface area contributed by atoms with Gasteiger partial charge in [0.1, 0.15) is 5.56 Å². The number of aromatic nitrogens is 2. The molecular weight excluding hydrogens is 222 g/mol. The van der Waals surface area contributed by atoms with Gasteiger partial charge < -0.3 is 10.0 Å². The van der Waals surface area contributed by atoms with Crippen molar-refractivity contribution in [1.82, 2.24) is 10.2 Å². The molecule has 0 unspecified atom stereocenters. The van der Waals surface area contributed by atoms with Crippen LogP contribution in [0.1, 0.15) is 36.0 Å². The number of aromatic amines is 1. The molecule has 2 N–H and O–H groups in total. The second-order valence-corrected chi connectivity index (χ2v) is 4.18. The van der Waals surface area contributed by atoms with Crippen LogP contribution < -0.4 is 10.5 Å². The third-order valence-corrected chi connectivity index (χ3v) is 2.92. The smallest absolute Gasteiger partial charge is 0.339 e. The lowest BCUT2D eigenvalue weighted by molar-refractivity contribution is 0.0696. The van der Waals surface area contributed by atoms with Crippen LogP contribution in [-0.4, -0.2) is 34.4 Å². The van der Waals surface area contributed by atoms with E-state index >= 15 is 0 Å². The van der Waals surface area contributed by atoms with E-state index in [1.54, 1.807) is 0 Å². The predicted molar refractivity (Wildman–Crippen MR) is 62.5 cm³/mol. The minimum atomic E-state index is -1.11. The van der Waals surface area contributed by atoms with Crippen LogP contribution in [0.25, 0.3) is 0 Å². The van der Waals surface area contributed by atoms with Crippen LogP contribution in [0.5, 0.6) is 0 Å². The molecule has 2 heterocycles. The summed E-state index contributed by atoms with van der Waals surface area (Å²) in [5.41, 5.74) is -0.503. The van der Waals surface area contributed by atoms with E-state index < -0.39 is 11.5 Å². The van der Waals surface area contributed by atoms with Crippen LogP contribution in [0, 0.1) is 0 Å². The molecule has 1 saturated heterocycles. The van der Waals surface area contributed by atoms with Crippen LogP contribution in [0.3, 0.4) is 0 Å². The van der Waals surface area contributed by atoms with Crippen LogP contribution in [-0.2, 0) is 0 Å². The van der Waals surface area contributed by atoms with Crippen LogP contribution in [0.2, 0.25) is 0 Å². The monoisotopic (exact) mass is 237 g/mol. The average Bonchev–Trinajstić information content (AvgIpc) is 2.57. The quantitative estimate of drug-likeness (QED) is 0.796. The first-order chi connectivity index (χ1) is 8.18. The number of nitrogens with zero attached hydrogens (tertiary/aromatic N) is 2. The highest BCUT2D eigenvalue weighted by atomic mass is 16.4. The summed E-state index contributed by atoms with van der Waals surface area (Å²) in [6, 6.07) is 1.09. The van der Waals surface area contributed by atoms with E-state index in [0.29, 0.717) is 5.82 Å². The molecule has 1 fully saturated rings. The molecule has 0 spiro atoms. The van der Waals surface area contributed by atoms with Gasteiger partial charge in [-0.25, -0.2) is 9.89 Å². The fraction of sp³-hybridized carbons (Fsp3) is 0.545. The predicted octanol–water partition coefficient (Wildman–Crippen LogP) is 0.848. The number of rotatable bonds is 2. The van der Waals surface area contributed by atoms with Crippen molar-refractivity contribution in [2.75, 3.05) is 18.0 Å². The largest absolute Gasteiger partial charge is 0.478 e. The van der Waals surface area contributed by atoms with Gasteiger partial charge in [0.15, 0.2) is 5.82 Å². The number of aromatic carboxylic acids is 1. The molecule has 0 bridgehead atoms. The van der Waals surface area contributed by atoms with Gasteiger partial charge in [-0.15, -0.1) is 0 Å². The zero-order valence-corrected chi connectivity index (χ0v) is 9.48. The van der Waals surface area contributed by atoms with Crippen LogP contribution in [0.15, 0.2) is 10.9 Å². The Labute approximate surface area is 98.3 Å². The number of H-pyrrole nitrogens is 1. The first-order valence-electron chi connectivity index (χ1n) is 5.76. The molecule has 1 aromatic rings. The summed E-state index contributed by atoms with van der Waals surface area (Å²) in [5.74, 6) is -0.734. The van der Waals surface area contributed by atoms with Crippen molar-refractivity contribution >= 4 is 11.8 Å². The molecule has 0 aliphatic carbocycles. The Morgan fingerprint density at radius 2 is 1.94 bits per heavy atom. The fourth-order valence-corrected chi connectivity index (χ4v) is 2.08. The van der Waals surface area contributed by atoms with Crippen molar-refractivity contribution in [2.24, 2.45) is 0 Å². The van der Waals surface area contributed by atoms with Gasteiger partial charge in [0.25, 0.3) is 5.56 Å². The Bertz CT molecular complexity index is 461. The highest BCUT2D eigenvalue weighted by molar-refractivity contribution is 5.93. The Balaban J connectivity index is 2.35. The second kappa shape index (κ2) is 4.99. The van der Waals surface area contributed by atoms with Crippen molar-refractivity contribution in [3.8, 4) is 0 Å². The Morgan fingerprint density at radius 1 is 1.29 bits per heavy atom. The lowest BCUT2D eigenvalue weighted by Crippen LogP contribution is -2.29. The SMILES string of the molecule is O=C(O)c1cc(=O)[nH]nc1N1CCCCCC1. The summed E-state index contributed by atoms with van der Waals surface area (Å²) in [6.07, 6.45) is 4.37. The van der Waals surface area contributed by atoms with E-state index in [1.807, 2.05) is 4.90 Å². The van der Waals surface area contributed by atoms with Gasteiger partial charge in [0.2, 0.25) is 0 Å². The zero-order chi connectivity index (χ0) is 12.3. The molecule has 1 aromatic heterocycles. The summed E-state index contributed by atoms with van der Waals surface area (Å²) >= 11 is 0. The number of carboxylic acids is 1. The number of carboxylic acid groups (broad SMARTS) is 1. The molecular formula is C11H15N3O3. The molecule has 0 amide bonds. The van der Waals surface area contributed by atoms with E-state index in [-0.39, 0.29) is 5.56 Å². The Kier molecular flexibility index (Phi) is 3.41. The number of nitrogens with one attached hydrogen (secondary N) is 1. The number of carbonyl (C=O) groups is 1. The Hall–Kier alpha value is -1.85. The third-order valence-electron chi connectivity index (χ3n) is 2.92. The van der Waals surface area contributed by atoms with Gasteiger partial charge >= 0.3 is 5.97 Å². The molecule has 1 aliphatic rings. The molecule has 17 heavy (non-hydrogen) atoms. The minimum Gasteiger partial charge on any atom is -0.478 e. The summed E-state index contributed by atoms with van der Waals surface area (Å²) in [5, 5.41) is 15.2. The molecule has 2 rings (SSSR count). The highest BCUT2D eigenvalue weighted by Gasteiger charge is 2.19. The van der Waals surface area contributed by atoms with Crippen LogP contribution in [0.4, 0.5) is 5.82 Å². The van der Waals surface area contributed by atoms with E-state index in [4.69, 9.17) is 5.11 Å². The average molecular weight is 237 g/mol. The van der Waals surface area contributed by atoms with Crippen molar-refractivity contribution < 1.29 is 9.90 Å². The second-order valence-electron chi connectivity index (χ2n) is 4.18. The molecule has 6 heteroatoms. The maximum absolute atomic E-state index is 11.1. The Morgan fingerprint density at radius 3 is 2.53 bits per heavy atom. The zero-order valence-electron chi connectivity index (χ0n) is 9.48. The van der Waals surface area contributed by atoms with Gasteiger partial charge in [0, 0.05) is 19.2 Å². The number of hydrogen-bond donors (Lipinski definition) is 2. The maximum atomic E-state index is 11.1. The number of anilines is 1. The first kappa shape index (κ1) is 11.6. The highest BCUT2D eigenvalue weighted by Crippen LogP contribution is 2.19. The van der Waals surface area contributed by atoms with Gasteiger partial charge in [-0.3, -0.25) is 4.79 Å². The lowest BCUT2D eigenvalue weighted by Gasteiger charge is -2.22. The van der Waals surface area contributed by atoms with Gasteiger partial charge in [-0.1, -0.05) is 12.8 Å². The fourth-order valence-electron chi connectivity index (χ4n) is 2.08. The molecule has 0 radical (unpaired) electrons. The van der Waals surface area contributed by atoms with E-state index in [2.05, 4.69) is 10.2 Å². The topological polar surface area (TPSA) is 86.3 Å². The van der Waals surface area contributed by atoms with Crippen LogP contribution >= 0.6 is 0 Å². The molecule has 6 nitrogen and oxygen atoms in total. The first-order valence-corrected chi connectivity index (χ1v) is 5.76. The minimum absolute atomic E-state index is 0.0179. The summed E-state index contributed by atoms with van der Waals surface area (Å²) in [4.78, 5) is 24.1. The maximum Gasteiger partial charge on any atom is 0.339 e. The summed E-state index contributed by atoms with van der Waals surface area (Å²) in [6.45, 7) is 1.58. The third kappa shape index (κ3) is 2.64. The normalized spacial score (nSPS) is 16.6. The molecule has 0 atom stereocenters. The lowest BCUT2D eigenvalue weighted by atomic mass is 10.2. The summed E-state index contributed by atoms with van der Waals surface area (Å²) < 4.78 is 0. The van der Waals surface area contributed by atoms with E-state index in [1.165, 1.54) is 0 Å².